The molecule has 2 heteroatoms. The summed E-state index contributed by atoms with van der Waals surface area (Å²) in [4.78, 5) is 13.6. The molecule has 2 nitrogen and oxygen atoms in total. The molecule has 0 unspecified atom stereocenters. The van der Waals surface area contributed by atoms with Gasteiger partial charge in [0.15, 0.2) is 0 Å². The molecule has 17 heavy (non-hydrogen) atoms. The molecule has 1 saturated carbocycles. The molecular formula is C15H27NO. The predicted octanol–water partition coefficient (Wildman–Crippen LogP) is 3.25. The maximum Gasteiger partial charge on any atom is 0.123 e. The molecule has 1 heterocycles. The molecule has 1 aliphatic heterocycles. The minimum atomic E-state index is 0.308. The Morgan fingerprint density at radius 2 is 1.65 bits per heavy atom. The molecule has 0 bridgehead atoms. The summed E-state index contributed by atoms with van der Waals surface area (Å²) in [6.07, 6.45) is 10.5. The van der Waals surface area contributed by atoms with Gasteiger partial charge < -0.3 is 4.79 Å². The monoisotopic (exact) mass is 237 g/mol. The molecule has 0 spiro atoms. The second-order valence-corrected chi connectivity index (χ2v) is 6.27. The maximum atomic E-state index is 10.9. The van der Waals surface area contributed by atoms with E-state index in [1.54, 1.807) is 0 Å². The van der Waals surface area contributed by atoms with Crippen molar-refractivity contribution in [2.24, 2.45) is 11.8 Å². The van der Waals surface area contributed by atoms with Gasteiger partial charge in [0.05, 0.1) is 0 Å². The summed E-state index contributed by atoms with van der Waals surface area (Å²) in [5, 5.41) is 0. The van der Waals surface area contributed by atoms with Crippen LogP contribution in [0.1, 0.15) is 58.8 Å². The zero-order valence-corrected chi connectivity index (χ0v) is 11.4. The first-order chi connectivity index (χ1) is 8.20. The van der Waals surface area contributed by atoms with Crippen LogP contribution in [0.5, 0.6) is 0 Å². The first-order valence-corrected chi connectivity index (χ1v) is 7.41. The fraction of sp³-hybridized carbons (Fsp3) is 0.933. The van der Waals surface area contributed by atoms with E-state index in [4.69, 9.17) is 0 Å². The smallest absolute Gasteiger partial charge is 0.123 e. The molecule has 2 aliphatic rings. The van der Waals surface area contributed by atoms with Crippen molar-refractivity contribution in [1.29, 1.82) is 0 Å². The second-order valence-electron chi connectivity index (χ2n) is 6.27. The Morgan fingerprint density at radius 3 is 2.18 bits per heavy atom. The number of rotatable bonds is 3. The topological polar surface area (TPSA) is 20.3 Å². The van der Waals surface area contributed by atoms with Crippen molar-refractivity contribution in [1.82, 2.24) is 4.90 Å². The Hall–Kier alpha value is -0.370. The van der Waals surface area contributed by atoms with E-state index in [2.05, 4.69) is 18.7 Å². The fourth-order valence-electron chi connectivity index (χ4n) is 3.82. The summed E-state index contributed by atoms with van der Waals surface area (Å²) in [7, 11) is 0. The normalized spacial score (nSPS) is 36.9. The molecule has 1 saturated heterocycles. The lowest BCUT2D eigenvalue weighted by atomic mass is 9.84. The summed E-state index contributed by atoms with van der Waals surface area (Å²) < 4.78 is 0. The van der Waals surface area contributed by atoms with Crippen molar-refractivity contribution in [3.63, 3.8) is 0 Å². The number of hydrogen-bond acceptors (Lipinski definition) is 2. The van der Waals surface area contributed by atoms with Crippen LogP contribution in [0, 0.1) is 11.8 Å². The minimum Gasteiger partial charge on any atom is -0.303 e. The van der Waals surface area contributed by atoms with Crippen LogP contribution in [-0.2, 0) is 4.79 Å². The van der Waals surface area contributed by atoms with Crippen LogP contribution in [-0.4, -0.2) is 29.8 Å². The van der Waals surface area contributed by atoms with Gasteiger partial charge in [0.25, 0.3) is 0 Å². The highest BCUT2D eigenvalue weighted by molar-refractivity contribution is 5.53. The number of carbonyl (C=O) groups excluding carboxylic acids is 1. The quantitative estimate of drug-likeness (QED) is 0.702. The number of piperidine rings is 1. The van der Waals surface area contributed by atoms with Crippen LogP contribution >= 0.6 is 0 Å². The largest absolute Gasteiger partial charge is 0.303 e. The van der Waals surface area contributed by atoms with E-state index in [1.165, 1.54) is 44.9 Å². The van der Waals surface area contributed by atoms with Gasteiger partial charge in [-0.05, 0) is 45.4 Å². The van der Waals surface area contributed by atoms with Crippen LogP contribution in [0.15, 0.2) is 0 Å². The molecule has 0 aromatic rings. The highest BCUT2D eigenvalue weighted by atomic mass is 16.1. The molecule has 0 radical (unpaired) electrons. The van der Waals surface area contributed by atoms with Crippen LogP contribution < -0.4 is 0 Å². The van der Waals surface area contributed by atoms with Crippen molar-refractivity contribution in [2.75, 3.05) is 6.54 Å². The fourth-order valence-corrected chi connectivity index (χ4v) is 3.82. The first-order valence-electron chi connectivity index (χ1n) is 7.41. The Balaban J connectivity index is 1.88. The third kappa shape index (κ3) is 3.31. The average molecular weight is 237 g/mol. The van der Waals surface area contributed by atoms with Crippen molar-refractivity contribution < 1.29 is 4.79 Å². The Kier molecular flexibility index (Phi) is 4.61. The van der Waals surface area contributed by atoms with Gasteiger partial charge in [-0.2, -0.15) is 0 Å². The lowest BCUT2D eigenvalue weighted by Crippen LogP contribution is -2.49. The van der Waals surface area contributed by atoms with Crippen molar-refractivity contribution in [2.45, 2.75) is 70.9 Å². The Bertz CT molecular complexity index is 235. The maximum absolute atomic E-state index is 10.9. The highest BCUT2D eigenvalue weighted by Gasteiger charge is 2.32. The molecule has 2 atom stereocenters. The standard InChI is InChI=1S/C15H27NO/c1-12-8-15(11-17)9-13(2)16(12)10-14-6-4-3-5-7-14/h11-15H,3-10H2,1-2H3/t12-,13-/m1/s1. The van der Waals surface area contributed by atoms with Crippen molar-refractivity contribution >= 4 is 6.29 Å². The van der Waals surface area contributed by atoms with Gasteiger partial charge in [0, 0.05) is 24.5 Å². The second kappa shape index (κ2) is 5.99. The van der Waals surface area contributed by atoms with Crippen LogP contribution in [0.25, 0.3) is 0 Å². The summed E-state index contributed by atoms with van der Waals surface area (Å²) in [6.45, 7) is 5.87. The average Bonchev–Trinajstić information content (AvgIpc) is 2.35. The summed E-state index contributed by atoms with van der Waals surface area (Å²) >= 11 is 0. The lowest BCUT2D eigenvalue weighted by molar-refractivity contribution is -0.113. The number of aldehydes is 1. The van der Waals surface area contributed by atoms with Gasteiger partial charge in [0.2, 0.25) is 0 Å². The highest BCUT2D eigenvalue weighted by Crippen LogP contribution is 2.31. The molecule has 98 valence electrons. The Morgan fingerprint density at radius 1 is 1.06 bits per heavy atom. The molecule has 0 N–H and O–H groups in total. The van der Waals surface area contributed by atoms with Gasteiger partial charge >= 0.3 is 0 Å². The van der Waals surface area contributed by atoms with Crippen molar-refractivity contribution in [3.8, 4) is 0 Å². The first kappa shape index (κ1) is 13.1. The molecule has 1 aliphatic carbocycles. The van der Waals surface area contributed by atoms with Gasteiger partial charge in [-0.25, -0.2) is 0 Å². The number of nitrogens with zero attached hydrogens (tertiary/aromatic N) is 1. The minimum absolute atomic E-state index is 0.308. The van der Waals surface area contributed by atoms with E-state index in [0.29, 0.717) is 18.0 Å². The van der Waals surface area contributed by atoms with E-state index < -0.39 is 0 Å². The third-order valence-electron chi connectivity index (χ3n) is 4.81. The van der Waals surface area contributed by atoms with E-state index in [9.17, 15) is 4.79 Å². The van der Waals surface area contributed by atoms with Crippen molar-refractivity contribution in [3.05, 3.63) is 0 Å². The summed E-state index contributed by atoms with van der Waals surface area (Å²) in [5.74, 6) is 1.23. The van der Waals surface area contributed by atoms with E-state index in [0.717, 1.165) is 18.8 Å². The number of carbonyl (C=O) groups is 1. The molecule has 0 aromatic carbocycles. The predicted molar refractivity (Wildman–Crippen MR) is 71.0 cm³/mol. The van der Waals surface area contributed by atoms with Gasteiger partial charge in [-0.15, -0.1) is 0 Å². The molecule has 0 aromatic heterocycles. The van der Waals surface area contributed by atoms with E-state index in [1.807, 2.05) is 0 Å². The number of hydrogen-bond donors (Lipinski definition) is 0. The van der Waals surface area contributed by atoms with E-state index >= 15 is 0 Å². The molecule has 2 fully saturated rings. The van der Waals surface area contributed by atoms with E-state index in [-0.39, 0.29) is 0 Å². The lowest BCUT2D eigenvalue weighted by Gasteiger charge is -2.43. The third-order valence-corrected chi connectivity index (χ3v) is 4.81. The van der Waals surface area contributed by atoms with Crippen LogP contribution in [0.4, 0.5) is 0 Å². The van der Waals surface area contributed by atoms with Crippen LogP contribution in [0.3, 0.4) is 0 Å². The zero-order chi connectivity index (χ0) is 12.3. The summed E-state index contributed by atoms with van der Waals surface area (Å²) in [5.41, 5.74) is 0. The molecule has 2 rings (SSSR count). The van der Waals surface area contributed by atoms with Gasteiger partial charge in [0.1, 0.15) is 6.29 Å². The Labute approximate surface area is 106 Å². The molecule has 0 amide bonds. The van der Waals surface area contributed by atoms with Crippen LogP contribution in [0.2, 0.25) is 0 Å². The summed E-state index contributed by atoms with van der Waals surface area (Å²) in [6, 6.07) is 1.19. The number of likely N-dealkylation sites (tertiary alicyclic amines) is 1. The SMILES string of the molecule is C[C@@H]1CC(C=O)C[C@@H](C)N1CC1CCCCC1. The van der Waals surface area contributed by atoms with Gasteiger partial charge in [-0.1, -0.05) is 19.3 Å². The zero-order valence-electron chi connectivity index (χ0n) is 11.4. The molecular weight excluding hydrogens is 210 g/mol. The van der Waals surface area contributed by atoms with Gasteiger partial charge in [-0.3, -0.25) is 4.90 Å².